The van der Waals surface area contributed by atoms with Gasteiger partial charge in [0.05, 0.1) is 0 Å². The van der Waals surface area contributed by atoms with Gasteiger partial charge in [0.25, 0.3) is 0 Å². The average Bonchev–Trinajstić information content (AvgIpc) is 2.30. The number of aromatic nitrogens is 1. The zero-order valence-electron chi connectivity index (χ0n) is 9.51. The Kier molecular flexibility index (Phi) is 3.02. The van der Waals surface area contributed by atoms with E-state index < -0.39 is 6.10 Å². The van der Waals surface area contributed by atoms with Gasteiger partial charge in [0.2, 0.25) is 0 Å². The minimum atomic E-state index is -0.588. The minimum absolute atomic E-state index is 0.588. The Labute approximate surface area is 95.6 Å². The van der Waals surface area contributed by atoms with Gasteiger partial charge >= 0.3 is 0 Å². The summed E-state index contributed by atoms with van der Waals surface area (Å²) in [6, 6.07) is 11.6. The van der Waals surface area contributed by atoms with Crippen molar-refractivity contribution in [1.82, 2.24) is 4.98 Å². The van der Waals surface area contributed by atoms with E-state index in [0.29, 0.717) is 0 Å². The average molecular weight is 213 g/mol. The SMILES string of the molecule is Cc1ccnc(C)c1C(O)c1ccccc1. The van der Waals surface area contributed by atoms with E-state index in [1.54, 1.807) is 6.20 Å². The van der Waals surface area contributed by atoms with E-state index in [-0.39, 0.29) is 0 Å². The highest BCUT2D eigenvalue weighted by Gasteiger charge is 2.15. The van der Waals surface area contributed by atoms with E-state index in [0.717, 1.165) is 22.4 Å². The zero-order chi connectivity index (χ0) is 11.5. The lowest BCUT2D eigenvalue weighted by Gasteiger charge is -2.15. The van der Waals surface area contributed by atoms with Gasteiger partial charge in [-0.05, 0) is 31.0 Å². The number of hydrogen-bond acceptors (Lipinski definition) is 2. The summed E-state index contributed by atoms with van der Waals surface area (Å²) in [7, 11) is 0. The molecule has 0 fully saturated rings. The molecule has 0 aliphatic rings. The minimum Gasteiger partial charge on any atom is -0.384 e. The van der Waals surface area contributed by atoms with E-state index in [9.17, 15) is 5.11 Å². The van der Waals surface area contributed by atoms with Gasteiger partial charge in [-0.3, -0.25) is 4.98 Å². The Hall–Kier alpha value is -1.67. The summed E-state index contributed by atoms with van der Waals surface area (Å²) in [4.78, 5) is 4.23. The third-order valence-electron chi connectivity index (χ3n) is 2.80. The maximum atomic E-state index is 10.3. The van der Waals surface area contributed by atoms with Crippen molar-refractivity contribution in [1.29, 1.82) is 0 Å². The van der Waals surface area contributed by atoms with Crippen molar-refractivity contribution in [2.45, 2.75) is 20.0 Å². The van der Waals surface area contributed by atoms with Gasteiger partial charge in [-0.25, -0.2) is 0 Å². The number of pyridine rings is 1. The van der Waals surface area contributed by atoms with Gasteiger partial charge in [-0.1, -0.05) is 30.3 Å². The first-order chi connectivity index (χ1) is 7.70. The van der Waals surface area contributed by atoms with Crippen LogP contribution in [0.25, 0.3) is 0 Å². The largest absolute Gasteiger partial charge is 0.384 e. The van der Waals surface area contributed by atoms with E-state index in [1.165, 1.54) is 0 Å². The normalized spacial score (nSPS) is 12.4. The second-order valence-electron chi connectivity index (χ2n) is 3.94. The van der Waals surface area contributed by atoms with Crippen LogP contribution in [0.2, 0.25) is 0 Å². The molecular weight excluding hydrogens is 198 g/mol. The maximum Gasteiger partial charge on any atom is 0.106 e. The van der Waals surface area contributed by atoms with Crippen molar-refractivity contribution in [3.63, 3.8) is 0 Å². The molecule has 1 atom stereocenters. The summed E-state index contributed by atoms with van der Waals surface area (Å²) in [5, 5.41) is 10.3. The first-order valence-electron chi connectivity index (χ1n) is 5.35. The fourth-order valence-electron chi connectivity index (χ4n) is 1.92. The van der Waals surface area contributed by atoms with E-state index in [4.69, 9.17) is 0 Å². The number of aliphatic hydroxyl groups excluding tert-OH is 1. The molecule has 0 bridgehead atoms. The Morgan fingerprint density at radius 1 is 1.06 bits per heavy atom. The van der Waals surface area contributed by atoms with Crippen LogP contribution < -0.4 is 0 Å². The first kappa shape index (κ1) is 10.8. The van der Waals surface area contributed by atoms with Crippen LogP contribution in [0.15, 0.2) is 42.6 Å². The van der Waals surface area contributed by atoms with Crippen LogP contribution in [0.3, 0.4) is 0 Å². The van der Waals surface area contributed by atoms with Crippen LogP contribution in [-0.4, -0.2) is 10.1 Å². The Morgan fingerprint density at radius 3 is 2.38 bits per heavy atom. The van der Waals surface area contributed by atoms with Crippen LogP contribution in [0.4, 0.5) is 0 Å². The Morgan fingerprint density at radius 2 is 1.75 bits per heavy atom. The molecule has 82 valence electrons. The lowest BCUT2D eigenvalue weighted by Crippen LogP contribution is -2.05. The summed E-state index contributed by atoms with van der Waals surface area (Å²) in [5.41, 5.74) is 3.77. The molecular formula is C14H15NO. The lowest BCUT2D eigenvalue weighted by atomic mass is 9.97. The molecule has 1 unspecified atom stereocenters. The molecule has 1 aromatic heterocycles. The number of rotatable bonds is 2. The van der Waals surface area contributed by atoms with Crippen LogP contribution in [-0.2, 0) is 0 Å². The van der Waals surface area contributed by atoms with Crippen LogP contribution >= 0.6 is 0 Å². The van der Waals surface area contributed by atoms with Crippen LogP contribution in [0.1, 0.15) is 28.5 Å². The maximum absolute atomic E-state index is 10.3. The van der Waals surface area contributed by atoms with Gasteiger partial charge < -0.3 is 5.11 Å². The van der Waals surface area contributed by atoms with Crippen LogP contribution in [0.5, 0.6) is 0 Å². The summed E-state index contributed by atoms with van der Waals surface area (Å²) < 4.78 is 0. The van der Waals surface area contributed by atoms with Gasteiger partial charge in [0.1, 0.15) is 6.10 Å². The summed E-state index contributed by atoms with van der Waals surface area (Å²) >= 11 is 0. The fourth-order valence-corrected chi connectivity index (χ4v) is 1.92. The molecule has 0 aliphatic carbocycles. The van der Waals surface area contributed by atoms with Gasteiger partial charge in [0, 0.05) is 17.5 Å². The summed E-state index contributed by atoms with van der Waals surface area (Å²) in [5.74, 6) is 0. The highest BCUT2D eigenvalue weighted by atomic mass is 16.3. The number of aryl methyl sites for hydroxylation is 2. The number of benzene rings is 1. The molecule has 0 aliphatic heterocycles. The zero-order valence-corrected chi connectivity index (χ0v) is 9.51. The first-order valence-corrected chi connectivity index (χ1v) is 5.35. The number of aliphatic hydroxyl groups is 1. The molecule has 0 spiro atoms. The second kappa shape index (κ2) is 4.45. The smallest absolute Gasteiger partial charge is 0.106 e. The molecule has 0 saturated carbocycles. The molecule has 2 aromatic rings. The predicted octanol–water partition coefficient (Wildman–Crippen LogP) is 2.78. The van der Waals surface area contributed by atoms with Crippen molar-refractivity contribution in [3.8, 4) is 0 Å². The van der Waals surface area contributed by atoms with Gasteiger partial charge in [-0.2, -0.15) is 0 Å². The number of nitrogens with zero attached hydrogens (tertiary/aromatic N) is 1. The van der Waals surface area contributed by atoms with Gasteiger partial charge in [-0.15, -0.1) is 0 Å². The van der Waals surface area contributed by atoms with E-state index >= 15 is 0 Å². The topological polar surface area (TPSA) is 33.1 Å². The third kappa shape index (κ3) is 1.97. The van der Waals surface area contributed by atoms with E-state index in [1.807, 2.05) is 50.2 Å². The Balaban J connectivity index is 2.46. The molecule has 1 heterocycles. The quantitative estimate of drug-likeness (QED) is 0.832. The van der Waals surface area contributed by atoms with Crippen molar-refractivity contribution in [2.24, 2.45) is 0 Å². The molecule has 2 nitrogen and oxygen atoms in total. The van der Waals surface area contributed by atoms with Crippen molar-refractivity contribution >= 4 is 0 Å². The second-order valence-corrected chi connectivity index (χ2v) is 3.94. The molecule has 0 radical (unpaired) electrons. The van der Waals surface area contributed by atoms with Crippen molar-refractivity contribution in [2.75, 3.05) is 0 Å². The molecule has 2 heteroatoms. The highest BCUT2D eigenvalue weighted by molar-refractivity contribution is 5.36. The third-order valence-corrected chi connectivity index (χ3v) is 2.80. The van der Waals surface area contributed by atoms with Crippen LogP contribution in [0, 0.1) is 13.8 Å². The molecule has 0 saturated heterocycles. The fraction of sp³-hybridized carbons (Fsp3) is 0.214. The monoisotopic (exact) mass is 213 g/mol. The lowest BCUT2D eigenvalue weighted by molar-refractivity contribution is 0.218. The molecule has 2 rings (SSSR count). The van der Waals surface area contributed by atoms with E-state index in [2.05, 4.69) is 4.98 Å². The van der Waals surface area contributed by atoms with Gasteiger partial charge in [0.15, 0.2) is 0 Å². The number of hydrogen-bond donors (Lipinski definition) is 1. The summed E-state index contributed by atoms with van der Waals surface area (Å²) in [6.45, 7) is 3.92. The Bertz CT molecular complexity index is 459. The molecule has 1 aromatic carbocycles. The molecule has 1 N–H and O–H groups in total. The highest BCUT2D eigenvalue weighted by Crippen LogP contribution is 2.26. The molecule has 0 amide bonds. The molecule has 16 heavy (non-hydrogen) atoms. The van der Waals surface area contributed by atoms with Crippen molar-refractivity contribution in [3.05, 3.63) is 65.0 Å². The predicted molar refractivity (Wildman–Crippen MR) is 64.2 cm³/mol. The van der Waals surface area contributed by atoms with Crippen molar-refractivity contribution < 1.29 is 5.11 Å². The summed E-state index contributed by atoms with van der Waals surface area (Å²) in [6.07, 6.45) is 1.18. The standard InChI is InChI=1S/C14H15NO/c1-10-8-9-15-11(2)13(10)14(16)12-6-4-3-5-7-12/h3-9,14,16H,1-2H3.